The van der Waals surface area contributed by atoms with Gasteiger partial charge in [0.05, 0.1) is 12.7 Å². The van der Waals surface area contributed by atoms with Crippen LogP contribution in [0.4, 0.5) is 0 Å². The van der Waals surface area contributed by atoms with Gasteiger partial charge in [0.15, 0.2) is 0 Å². The van der Waals surface area contributed by atoms with Crippen molar-refractivity contribution in [2.45, 2.75) is 19.3 Å². The number of nitrogens with zero attached hydrogens (tertiary/aromatic N) is 1. The van der Waals surface area contributed by atoms with Crippen molar-refractivity contribution in [2.75, 3.05) is 26.2 Å². The number of benzene rings is 3. The van der Waals surface area contributed by atoms with Crippen LogP contribution >= 0.6 is 0 Å². The monoisotopic (exact) mass is 416 g/mol. The lowest BCUT2D eigenvalue weighted by Gasteiger charge is -2.33. The second kappa shape index (κ2) is 10.8. The summed E-state index contributed by atoms with van der Waals surface area (Å²) in [7, 11) is 0. The zero-order chi connectivity index (χ0) is 21.3. The van der Waals surface area contributed by atoms with Crippen molar-refractivity contribution in [3.05, 3.63) is 102 Å². The highest BCUT2D eigenvalue weighted by Gasteiger charge is 2.21. The van der Waals surface area contributed by atoms with Gasteiger partial charge in [0, 0.05) is 31.7 Å². The van der Waals surface area contributed by atoms with Crippen LogP contribution in [0.3, 0.4) is 0 Å². The predicted molar refractivity (Wildman–Crippen MR) is 121 cm³/mol. The lowest BCUT2D eigenvalue weighted by molar-refractivity contribution is -0.0292. The minimum atomic E-state index is -0.0987. The summed E-state index contributed by atoms with van der Waals surface area (Å²) in [5.41, 5.74) is 3.02. The summed E-state index contributed by atoms with van der Waals surface area (Å²) in [6.45, 7) is 4.30. The highest BCUT2D eigenvalue weighted by molar-refractivity contribution is 5.94. The fourth-order valence-corrected chi connectivity index (χ4v) is 3.64. The average Bonchev–Trinajstić information content (AvgIpc) is 2.83. The molecule has 5 heteroatoms. The largest absolute Gasteiger partial charge is 0.489 e. The van der Waals surface area contributed by atoms with Crippen LogP contribution in [0.1, 0.15) is 21.5 Å². The van der Waals surface area contributed by atoms with Gasteiger partial charge in [-0.3, -0.25) is 9.69 Å². The van der Waals surface area contributed by atoms with Gasteiger partial charge in [0.1, 0.15) is 12.4 Å². The van der Waals surface area contributed by atoms with Crippen molar-refractivity contribution >= 4 is 5.91 Å². The maximum atomic E-state index is 12.5. The van der Waals surface area contributed by atoms with E-state index in [-0.39, 0.29) is 12.0 Å². The van der Waals surface area contributed by atoms with E-state index in [1.54, 1.807) is 12.1 Å². The fraction of sp³-hybridized carbons (Fsp3) is 0.269. The number of carbonyl (C=O) groups excluding carboxylic acids is 1. The predicted octanol–water partition coefficient (Wildman–Crippen LogP) is 3.90. The van der Waals surface area contributed by atoms with Gasteiger partial charge in [-0.25, -0.2) is 0 Å². The van der Waals surface area contributed by atoms with Gasteiger partial charge in [0.2, 0.25) is 0 Å². The minimum absolute atomic E-state index is 0.00473. The van der Waals surface area contributed by atoms with E-state index in [1.807, 2.05) is 48.5 Å². The Labute approximate surface area is 183 Å². The third-order valence-corrected chi connectivity index (χ3v) is 5.33. The van der Waals surface area contributed by atoms with Crippen LogP contribution in [0.2, 0.25) is 0 Å². The highest BCUT2D eigenvalue weighted by Crippen LogP contribution is 2.15. The summed E-state index contributed by atoms with van der Waals surface area (Å²) in [5, 5.41) is 3.00. The SMILES string of the molecule is O=C(NCC1CN(Cc2ccccc2)CCO1)c1ccc(OCc2ccccc2)cc1. The molecule has 1 atom stereocenters. The standard InChI is InChI=1S/C26H28N2O3/c29-26(23-11-13-24(14-12-23)31-20-22-9-5-2-6-10-22)27-17-25-19-28(15-16-30-25)18-21-7-3-1-4-8-21/h1-14,25H,15-20H2,(H,27,29). The molecule has 1 saturated heterocycles. The van der Waals surface area contributed by atoms with Gasteiger partial charge in [0.25, 0.3) is 5.91 Å². The van der Waals surface area contributed by atoms with Crippen molar-refractivity contribution in [1.29, 1.82) is 0 Å². The van der Waals surface area contributed by atoms with E-state index in [2.05, 4.69) is 34.5 Å². The minimum Gasteiger partial charge on any atom is -0.489 e. The van der Waals surface area contributed by atoms with Crippen LogP contribution in [0.5, 0.6) is 5.75 Å². The van der Waals surface area contributed by atoms with E-state index in [9.17, 15) is 4.79 Å². The van der Waals surface area contributed by atoms with Crippen molar-refractivity contribution in [1.82, 2.24) is 10.2 Å². The second-order valence-corrected chi connectivity index (χ2v) is 7.72. The first kappa shape index (κ1) is 21.1. The van der Waals surface area contributed by atoms with Gasteiger partial charge in [-0.1, -0.05) is 60.7 Å². The van der Waals surface area contributed by atoms with E-state index in [4.69, 9.17) is 9.47 Å². The van der Waals surface area contributed by atoms with E-state index in [1.165, 1.54) is 5.56 Å². The van der Waals surface area contributed by atoms with Gasteiger partial charge in [-0.2, -0.15) is 0 Å². The third kappa shape index (κ3) is 6.41. The molecule has 0 spiro atoms. The molecule has 1 aliphatic rings. The smallest absolute Gasteiger partial charge is 0.251 e. The fourth-order valence-electron chi connectivity index (χ4n) is 3.64. The van der Waals surface area contributed by atoms with E-state index >= 15 is 0 Å². The number of morpholine rings is 1. The molecular weight excluding hydrogens is 388 g/mol. The number of nitrogens with one attached hydrogen (secondary N) is 1. The Morgan fingerprint density at radius 1 is 0.935 bits per heavy atom. The Morgan fingerprint density at radius 3 is 2.32 bits per heavy atom. The molecule has 1 unspecified atom stereocenters. The molecule has 0 bridgehead atoms. The molecule has 3 aromatic carbocycles. The van der Waals surface area contributed by atoms with Gasteiger partial charge < -0.3 is 14.8 Å². The molecule has 5 nitrogen and oxygen atoms in total. The van der Waals surface area contributed by atoms with Gasteiger partial charge in [-0.05, 0) is 35.4 Å². The molecule has 0 aliphatic carbocycles. The first-order chi connectivity index (χ1) is 15.3. The molecule has 160 valence electrons. The quantitative estimate of drug-likeness (QED) is 0.605. The lowest BCUT2D eigenvalue weighted by Crippen LogP contribution is -2.47. The normalized spacial score (nSPS) is 16.6. The maximum Gasteiger partial charge on any atom is 0.251 e. The molecule has 4 rings (SSSR count). The zero-order valence-electron chi connectivity index (χ0n) is 17.6. The van der Waals surface area contributed by atoms with Crippen molar-refractivity contribution < 1.29 is 14.3 Å². The second-order valence-electron chi connectivity index (χ2n) is 7.72. The summed E-state index contributed by atoms with van der Waals surface area (Å²) in [5.74, 6) is 0.644. The Bertz CT molecular complexity index is 945. The summed E-state index contributed by atoms with van der Waals surface area (Å²) in [6.07, 6.45) is -0.00473. The molecular formula is C26H28N2O3. The summed E-state index contributed by atoms with van der Waals surface area (Å²) < 4.78 is 11.6. The Kier molecular flexibility index (Phi) is 7.32. The van der Waals surface area contributed by atoms with E-state index in [0.29, 0.717) is 25.3 Å². The van der Waals surface area contributed by atoms with Crippen LogP contribution in [-0.4, -0.2) is 43.2 Å². The van der Waals surface area contributed by atoms with Crippen molar-refractivity contribution in [3.8, 4) is 5.75 Å². The van der Waals surface area contributed by atoms with E-state index in [0.717, 1.165) is 30.9 Å². The molecule has 1 aliphatic heterocycles. The topological polar surface area (TPSA) is 50.8 Å². The molecule has 0 aromatic heterocycles. The molecule has 1 heterocycles. The third-order valence-electron chi connectivity index (χ3n) is 5.33. The molecule has 0 radical (unpaired) electrons. The number of carbonyl (C=O) groups is 1. The molecule has 31 heavy (non-hydrogen) atoms. The van der Waals surface area contributed by atoms with Crippen LogP contribution in [0.25, 0.3) is 0 Å². The molecule has 1 fully saturated rings. The molecule has 1 N–H and O–H groups in total. The molecule has 1 amide bonds. The van der Waals surface area contributed by atoms with Crippen LogP contribution in [0.15, 0.2) is 84.9 Å². The van der Waals surface area contributed by atoms with E-state index < -0.39 is 0 Å². The first-order valence-electron chi connectivity index (χ1n) is 10.7. The Hall–Kier alpha value is -3.15. The van der Waals surface area contributed by atoms with Crippen molar-refractivity contribution in [2.24, 2.45) is 0 Å². The highest BCUT2D eigenvalue weighted by atomic mass is 16.5. The van der Waals surface area contributed by atoms with Crippen LogP contribution in [-0.2, 0) is 17.9 Å². The molecule has 0 saturated carbocycles. The van der Waals surface area contributed by atoms with Crippen LogP contribution < -0.4 is 10.1 Å². The number of amides is 1. The Balaban J connectivity index is 1.22. The summed E-state index contributed by atoms with van der Waals surface area (Å²) >= 11 is 0. The van der Waals surface area contributed by atoms with Gasteiger partial charge >= 0.3 is 0 Å². The zero-order valence-corrected chi connectivity index (χ0v) is 17.6. The molecule has 3 aromatic rings. The number of rotatable bonds is 8. The number of hydrogen-bond donors (Lipinski definition) is 1. The summed E-state index contributed by atoms with van der Waals surface area (Å²) in [4.78, 5) is 14.9. The number of hydrogen-bond acceptors (Lipinski definition) is 4. The summed E-state index contributed by atoms with van der Waals surface area (Å²) in [6, 6.07) is 27.7. The van der Waals surface area contributed by atoms with Crippen molar-refractivity contribution in [3.63, 3.8) is 0 Å². The average molecular weight is 417 g/mol. The van der Waals surface area contributed by atoms with Crippen LogP contribution in [0, 0.1) is 0 Å². The first-order valence-corrected chi connectivity index (χ1v) is 10.7. The Morgan fingerprint density at radius 2 is 1.61 bits per heavy atom. The maximum absolute atomic E-state index is 12.5. The lowest BCUT2D eigenvalue weighted by atomic mass is 10.1. The number of ether oxygens (including phenoxy) is 2. The van der Waals surface area contributed by atoms with Gasteiger partial charge in [-0.15, -0.1) is 0 Å².